The van der Waals surface area contributed by atoms with Crippen molar-refractivity contribution in [3.05, 3.63) is 46.4 Å². The molecule has 0 saturated carbocycles. The van der Waals surface area contributed by atoms with Crippen molar-refractivity contribution >= 4 is 33.2 Å². The van der Waals surface area contributed by atoms with Crippen LogP contribution in [0.3, 0.4) is 0 Å². The predicted molar refractivity (Wildman–Crippen MR) is 112 cm³/mol. The van der Waals surface area contributed by atoms with Gasteiger partial charge in [0.05, 0.1) is 29.6 Å². The molecule has 6 heteroatoms. The molecule has 1 aliphatic rings. The molecule has 1 aliphatic heterocycles. The monoisotopic (exact) mass is 432 g/mol. The molecular formula is C21H25BrN2O3. The van der Waals surface area contributed by atoms with Crippen molar-refractivity contribution in [3.63, 3.8) is 0 Å². The third-order valence-corrected chi connectivity index (χ3v) is 5.22. The zero-order chi connectivity index (χ0) is 19.2. The molecule has 27 heavy (non-hydrogen) atoms. The molecule has 5 nitrogen and oxygen atoms in total. The van der Waals surface area contributed by atoms with Crippen LogP contribution in [-0.4, -0.2) is 32.7 Å². The fourth-order valence-corrected chi connectivity index (χ4v) is 3.88. The van der Waals surface area contributed by atoms with E-state index in [0.29, 0.717) is 28.1 Å². The van der Waals surface area contributed by atoms with Gasteiger partial charge in [0.2, 0.25) is 0 Å². The molecule has 3 rings (SSSR count). The summed E-state index contributed by atoms with van der Waals surface area (Å²) in [5, 5.41) is 3.06. The smallest absolute Gasteiger partial charge is 0.255 e. The van der Waals surface area contributed by atoms with E-state index in [4.69, 9.17) is 9.47 Å². The van der Waals surface area contributed by atoms with E-state index in [0.717, 1.165) is 24.5 Å². The van der Waals surface area contributed by atoms with E-state index in [1.165, 1.54) is 19.3 Å². The first-order valence-corrected chi connectivity index (χ1v) is 10.1. The molecule has 1 amide bonds. The zero-order valence-electron chi connectivity index (χ0n) is 15.8. The Morgan fingerprint density at radius 2 is 1.93 bits per heavy atom. The van der Waals surface area contributed by atoms with E-state index in [2.05, 4.69) is 32.2 Å². The normalized spacial score (nSPS) is 14.0. The average Bonchev–Trinajstić information content (AvgIpc) is 2.70. The summed E-state index contributed by atoms with van der Waals surface area (Å²) in [6.45, 7) is 4.47. The number of benzene rings is 2. The van der Waals surface area contributed by atoms with Crippen LogP contribution in [0.15, 0.2) is 40.9 Å². The van der Waals surface area contributed by atoms with E-state index < -0.39 is 0 Å². The SMILES string of the molecule is CCOc1c(Br)cc(C(=O)Nc2ccccc2N2CCCCC2)cc1OC. The molecule has 0 spiro atoms. The first-order chi connectivity index (χ1) is 13.1. The van der Waals surface area contributed by atoms with Gasteiger partial charge in [-0.1, -0.05) is 12.1 Å². The van der Waals surface area contributed by atoms with Crippen molar-refractivity contribution < 1.29 is 14.3 Å². The Hall–Kier alpha value is -2.21. The molecule has 1 saturated heterocycles. The van der Waals surface area contributed by atoms with E-state index in [1.807, 2.05) is 25.1 Å². The molecular weight excluding hydrogens is 408 g/mol. The Bertz CT molecular complexity index is 804. The lowest BCUT2D eigenvalue weighted by atomic mass is 10.1. The Kier molecular flexibility index (Phi) is 6.61. The number of carbonyl (C=O) groups is 1. The van der Waals surface area contributed by atoms with Gasteiger partial charge in [-0.2, -0.15) is 0 Å². The molecule has 0 unspecified atom stereocenters. The van der Waals surface area contributed by atoms with Crippen LogP contribution in [-0.2, 0) is 0 Å². The Morgan fingerprint density at radius 1 is 1.19 bits per heavy atom. The highest BCUT2D eigenvalue weighted by Crippen LogP contribution is 2.37. The van der Waals surface area contributed by atoms with Crippen LogP contribution in [0.4, 0.5) is 11.4 Å². The van der Waals surface area contributed by atoms with Crippen LogP contribution in [0.1, 0.15) is 36.5 Å². The summed E-state index contributed by atoms with van der Waals surface area (Å²) >= 11 is 3.48. The number of ether oxygens (including phenoxy) is 2. The second-order valence-corrected chi connectivity index (χ2v) is 7.30. The molecule has 144 valence electrons. The fraction of sp³-hybridized carbons (Fsp3) is 0.381. The largest absolute Gasteiger partial charge is 0.493 e. The summed E-state index contributed by atoms with van der Waals surface area (Å²) in [7, 11) is 1.57. The summed E-state index contributed by atoms with van der Waals surface area (Å²) < 4.78 is 11.7. The number of hydrogen-bond donors (Lipinski definition) is 1. The zero-order valence-corrected chi connectivity index (χ0v) is 17.3. The summed E-state index contributed by atoms with van der Waals surface area (Å²) in [4.78, 5) is 15.2. The summed E-state index contributed by atoms with van der Waals surface area (Å²) in [6, 6.07) is 11.4. The molecule has 2 aromatic carbocycles. The maximum Gasteiger partial charge on any atom is 0.255 e. The van der Waals surface area contributed by atoms with Gasteiger partial charge in [0.15, 0.2) is 11.5 Å². The molecule has 1 fully saturated rings. The Morgan fingerprint density at radius 3 is 2.63 bits per heavy atom. The molecule has 1 N–H and O–H groups in total. The molecule has 0 radical (unpaired) electrons. The van der Waals surface area contributed by atoms with Gasteiger partial charge < -0.3 is 19.7 Å². The number of methoxy groups -OCH3 is 1. The number of carbonyl (C=O) groups excluding carboxylic acids is 1. The van der Waals surface area contributed by atoms with Crippen molar-refractivity contribution in [1.82, 2.24) is 0 Å². The number of nitrogens with zero attached hydrogens (tertiary/aromatic N) is 1. The second-order valence-electron chi connectivity index (χ2n) is 6.44. The van der Waals surface area contributed by atoms with E-state index >= 15 is 0 Å². The summed E-state index contributed by atoms with van der Waals surface area (Å²) in [6.07, 6.45) is 3.64. The van der Waals surface area contributed by atoms with Crippen molar-refractivity contribution in [2.75, 3.05) is 37.0 Å². The molecule has 0 bridgehead atoms. The quantitative estimate of drug-likeness (QED) is 0.689. The second kappa shape index (κ2) is 9.13. The highest BCUT2D eigenvalue weighted by atomic mass is 79.9. The van der Waals surface area contributed by atoms with Gasteiger partial charge in [0.25, 0.3) is 5.91 Å². The van der Waals surface area contributed by atoms with Gasteiger partial charge in [-0.15, -0.1) is 0 Å². The minimum absolute atomic E-state index is 0.179. The van der Waals surface area contributed by atoms with Gasteiger partial charge in [-0.05, 0) is 66.4 Å². The van der Waals surface area contributed by atoms with Gasteiger partial charge >= 0.3 is 0 Å². The molecule has 0 aromatic heterocycles. The lowest BCUT2D eigenvalue weighted by Gasteiger charge is -2.30. The molecule has 1 heterocycles. The van der Waals surface area contributed by atoms with E-state index in [9.17, 15) is 4.79 Å². The van der Waals surface area contributed by atoms with Crippen LogP contribution >= 0.6 is 15.9 Å². The summed E-state index contributed by atoms with van der Waals surface area (Å²) in [5.41, 5.74) is 2.41. The third kappa shape index (κ3) is 4.56. The Balaban J connectivity index is 1.85. The minimum atomic E-state index is -0.179. The highest BCUT2D eigenvalue weighted by molar-refractivity contribution is 9.10. The van der Waals surface area contributed by atoms with E-state index in [-0.39, 0.29) is 5.91 Å². The Labute approximate surface area is 168 Å². The predicted octanol–water partition coefficient (Wildman–Crippen LogP) is 5.10. The maximum atomic E-state index is 12.9. The first-order valence-electron chi connectivity index (χ1n) is 9.29. The number of para-hydroxylation sites is 2. The highest BCUT2D eigenvalue weighted by Gasteiger charge is 2.18. The van der Waals surface area contributed by atoms with Crippen LogP contribution in [0, 0.1) is 0 Å². The number of halogens is 1. The molecule has 2 aromatic rings. The van der Waals surface area contributed by atoms with Crippen LogP contribution in [0.25, 0.3) is 0 Å². The molecule has 0 aliphatic carbocycles. The lowest BCUT2D eigenvalue weighted by Crippen LogP contribution is -2.30. The van der Waals surface area contributed by atoms with Crippen molar-refractivity contribution in [2.45, 2.75) is 26.2 Å². The number of piperidine rings is 1. The molecule has 0 atom stereocenters. The number of rotatable bonds is 6. The average molecular weight is 433 g/mol. The summed E-state index contributed by atoms with van der Waals surface area (Å²) in [5.74, 6) is 0.951. The number of amides is 1. The van der Waals surface area contributed by atoms with Gasteiger partial charge in [-0.25, -0.2) is 0 Å². The minimum Gasteiger partial charge on any atom is -0.493 e. The van der Waals surface area contributed by atoms with Crippen molar-refractivity contribution in [1.29, 1.82) is 0 Å². The van der Waals surface area contributed by atoms with Crippen LogP contribution < -0.4 is 19.7 Å². The lowest BCUT2D eigenvalue weighted by molar-refractivity contribution is 0.102. The first kappa shape index (κ1) is 19.5. The van der Waals surface area contributed by atoms with E-state index in [1.54, 1.807) is 19.2 Å². The number of nitrogens with one attached hydrogen (secondary N) is 1. The fourth-order valence-electron chi connectivity index (χ4n) is 3.32. The number of hydrogen-bond acceptors (Lipinski definition) is 4. The number of anilines is 2. The van der Waals surface area contributed by atoms with Crippen LogP contribution in [0.2, 0.25) is 0 Å². The maximum absolute atomic E-state index is 12.9. The topological polar surface area (TPSA) is 50.8 Å². The van der Waals surface area contributed by atoms with Crippen molar-refractivity contribution in [3.8, 4) is 11.5 Å². The van der Waals surface area contributed by atoms with Gasteiger partial charge in [0, 0.05) is 18.7 Å². The van der Waals surface area contributed by atoms with Crippen molar-refractivity contribution in [2.24, 2.45) is 0 Å². The third-order valence-electron chi connectivity index (χ3n) is 4.63. The van der Waals surface area contributed by atoms with Gasteiger partial charge in [0.1, 0.15) is 0 Å². The van der Waals surface area contributed by atoms with Gasteiger partial charge in [-0.3, -0.25) is 4.79 Å². The van der Waals surface area contributed by atoms with Crippen LogP contribution in [0.5, 0.6) is 11.5 Å². The standard InChI is InChI=1S/C21H25BrN2O3/c1-3-27-20-16(22)13-15(14-19(20)26-2)21(25)23-17-9-5-6-10-18(17)24-11-7-4-8-12-24/h5-6,9-10,13-14H,3-4,7-8,11-12H2,1-2H3,(H,23,25).